The van der Waals surface area contributed by atoms with Crippen molar-refractivity contribution in [3.8, 4) is 0 Å². The average molecular weight is 263 g/mol. The van der Waals surface area contributed by atoms with Crippen LogP contribution >= 0.6 is 0 Å². The van der Waals surface area contributed by atoms with Crippen LogP contribution in [0.5, 0.6) is 0 Å². The summed E-state index contributed by atoms with van der Waals surface area (Å²) in [6.45, 7) is 9.54. The van der Waals surface area contributed by atoms with Gasteiger partial charge in [0.05, 0.1) is 0 Å². The maximum absolute atomic E-state index is 4.60. The second kappa shape index (κ2) is 5.74. The van der Waals surface area contributed by atoms with Gasteiger partial charge in [-0.2, -0.15) is 4.98 Å². The molecule has 1 aromatic rings. The van der Waals surface area contributed by atoms with Crippen molar-refractivity contribution < 1.29 is 0 Å². The zero-order chi connectivity index (χ0) is 13.9. The second-order valence-electron chi connectivity index (χ2n) is 6.37. The number of likely N-dealkylation sites (N-methyl/N-ethyl adjacent to an activating group) is 1. The van der Waals surface area contributed by atoms with Crippen LogP contribution in [0, 0.1) is 5.41 Å². The van der Waals surface area contributed by atoms with E-state index in [-0.39, 0.29) is 5.41 Å². The molecular formula is C14H25N5. The van der Waals surface area contributed by atoms with Crippen LogP contribution in [0.15, 0.2) is 12.3 Å². The summed E-state index contributed by atoms with van der Waals surface area (Å²) in [7, 11) is 2.02. The van der Waals surface area contributed by atoms with E-state index < -0.39 is 0 Å². The first kappa shape index (κ1) is 14.1. The van der Waals surface area contributed by atoms with Gasteiger partial charge < -0.3 is 15.5 Å². The van der Waals surface area contributed by atoms with Crippen molar-refractivity contribution in [2.24, 2.45) is 5.41 Å². The summed E-state index contributed by atoms with van der Waals surface area (Å²) in [6, 6.07) is 2.56. The van der Waals surface area contributed by atoms with Gasteiger partial charge in [-0.05, 0) is 24.9 Å². The van der Waals surface area contributed by atoms with Gasteiger partial charge in [-0.1, -0.05) is 20.8 Å². The van der Waals surface area contributed by atoms with Crippen LogP contribution in [-0.2, 0) is 0 Å². The maximum atomic E-state index is 4.60. The number of nitrogens with zero attached hydrogens (tertiary/aromatic N) is 3. The molecule has 0 saturated carbocycles. The summed E-state index contributed by atoms with van der Waals surface area (Å²) in [4.78, 5) is 11.2. The minimum atomic E-state index is 0.226. The summed E-state index contributed by atoms with van der Waals surface area (Å²) in [5.41, 5.74) is 0.226. The number of anilines is 2. The third-order valence-electron chi connectivity index (χ3n) is 3.34. The molecule has 5 nitrogen and oxygen atoms in total. The molecule has 19 heavy (non-hydrogen) atoms. The van der Waals surface area contributed by atoms with Crippen LogP contribution in [0.1, 0.15) is 27.2 Å². The highest BCUT2D eigenvalue weighted by Crippen LogP contribution is 2.19. The molecule has 1 aliphatic rings. The highest BCUT2D eigenvalue weighted by molar-refractivity contribution is 5.43. The Labute approximate surface area is 115 Å². The summed E-state index contributed by atoms with van der Waals surface area (Å²) in [5.74, 6) is 1.74. The molecule has 5 heteroatoms. The van der Waals surface area contributed by atoms with Gasteiger partial charge in [0.2, 0.25) is 5.95 Å². The second-order valence-corrected chi connectivity index (χ2v) is 6.37. The predicted octanol–water partition coefficient (Wildman–Crippen LogP) is 1.73. The van der Waals surface area contributed by atoms with Crippen molar-refractivity contribution in [3.63, 3.8) is 0 Å². The van der Waals surface area contributed by atoms with Crippen molar-refractivity contribution in [2.75, 3.05) is 36.9 Å². The summed E-state index contributed by atoms with van der Waals surface area (Å²) >= 11 is 0. The van der Waals surface area contributed by atoms with Gasteiger partial charge in [-0.3, -0.25) is 0 Å². The fourth-order valence-corrected chi connectivity index (χ4v) is 2.16. The van der Waals surface area contributed by atoms with Crippen LogP contribution in [0.3, 0.4) is 0 Å². The maximum Gasteiger partial charge on any atom is 0.224 e. The Morgan fingerprint density at radius 3 is 2.84 bits per heavy atom. The Bertz CT molecular complexity index is 413. The van der Waals surface area contributed by atoms with Crippen LogP contribution in [0.25, 0.3) is 0 Å². The Morgan fingerprint density at radius 2 is 2.21 bits per heavy atom. The molecule has 2 N–H and O–H groups in total. The van der Waals surface area contributed by atoms with Crippen molar-refractivity contribution in [1.82, 2.24) is 15.3 Å². The van der Waals surface area contributed by atoms with E-state index in [1.54, 1.807) is 0 Å². The van der Waals surface area contributed by atoms with Crippen molar-refractivity contribution in [3.05, 3.63) is 12.3 Å². The first-order valence-corrected chi connectivity index (χ1v) is 6.97. The molecule has 0 amide bonds. The lowest BCUT2D eigenvalue weighted by molar-refractivity contribution is 0.442. The molecule has 1 fully saturated rings. The Hall–Kier alpha value is -1.36. The minimum Gasteiger partial charge on any atom is -0.355 e. The molecule has 1 aromatic heterocycles. The fraction of sp³-hybridized carbons (Fsp3) is 0.714. The first-order valence-electron chi connectivity index (χ1n) is 6.97. The number of aromatic nitrogens is 2. The van der Waals surface area contributed by atoms with E-state index in [0.717, 1.165) is 31.4 Å². The molecule has 2 rings (SSSR count). The number of hydrogen-bond acceptors (Lipinski definition) is 5. The number of rotatable bonds is 4. The highest BCUT2D eigenvalue weighted by atomic mass is 15.3. The summed E-state index contributed by atoms with van der Waals surface area (Å²) in [5, 5.41) is 6.63. The van der Waals surface area contributed by atoms with Gasteiger partial charge in [0, 0.05) is 31.9 Å². The molecule has 106 valence electrons. The molecule has 0 aromatic carbocycles. The first-order chi connectivity index (χ1) is 8.98. The quantitative estimate of drug-likeness (QED) is 0.866. The Kier molecular flexibility index (Phi) is 4.24. The molecule has 1 atom stereocenters. The van der Waals surface area contributed by atoms with Crippen LogP contribution in [-0.4, -0.2) is 42.7 Å². The molecule has 1 aliphatic heterocycles. The van der Waals surface area contributed by atoms with Gasteiger partial charge in [0.25, 0.3) is 0 Å². The SMILES string of the molecule is CNC1CCN(c2ccnc(NCC(C)(C)C)n2)C1. The predicted molar refractivity (Wildman–Crippen MR) is 79.7 cm³/mol. The van der Waals surface area contributed by atoms with E-state index >= 15 is 0 Å². The van der Waals surface area contributed by atoms with E-state index in [1.165, 1.54) is 6.42 Å². The summed E-state index contributed by atoms with van der Waals surface area (Å²) < 4.78 is 0. The smallest absolute Gasteiger partial charge is 0.224 e. The molecular weight excluding hydrogens is 238 g/mol. The van der Waals surface area contributed by atoms with Gasteiger partial charge in [-0.25, -0.2) is 4.98 Å². The Balaban J connectivity index is 1.99. The topological polar surface area (TPSA) is 53.1 Å². The zero-order valence-electron chi connectivity index (χ0n) is 12.4. The van der Waals surface area contributed by atoms with Gasteiger partial charge >= 0.3 is 0 Å². The largest absolute Gasteiger partial charge is 0.355 e. The van der Waals surface area contributed by atoms with E-state index in [1.807, 2.05) is 19.3 Å². The third-order valence-corrected chi connectivity index (χ3v) is 3.34. The van der Waals surface area contributed by atoms with Crippen molar-refractivity contribution in [1.29, 1.82) is 0 Å². The standard InChI is InChI=1S/C14H25N5/c1-14(2,3)10-17-13-16-7-5-12(18-13)19-8-6-11(9-19)15-4/h5,7,11,15H,6,8-10H2,1-4H3,(H,16,17,18). The van der Waals surface area contributed by atoms with E-state index in [2.05, 4.69) is 46.3 Å². The van der Waals surface area contributed by atoms with Crippen molar-refractivity contribution in [2.45, 2.75) is 33.2 Å². The molecule has 0 spiro atoms. The van der Waals surface area contributed by atoms with Gasteiger partial charge in [0.15, 0.2) is 0 Å². The highest BCUT2D eigenvalue weighted by Gasteiger charge is 2.22. The molecule has 1 unspecified atom stereocenters. The van der Waals surface area contributed by atoms with E-state index in [9.17, 15) is 0 Å². The van der Waals surface area contributed by atoms with Crippen LogP contribution < -0.4 is 15.5 Å². The Morgan fingerprint density at radius 1 is 1.42 bits per heavy atom. The number of nitrogens with one attached hydrogen (secondary N) is 2. The van der Waals surface area contributed by atoms with Crippen molar-refractivity contribution >= 4 is 11.8 Å². The van der Waals surface area contributed by atoms with E-state index in [0.29, 0.717) is 6.04 Å². The lowest BCUT2D eigenvalue weighted by atomic mass is 9.97. The zero-order valence-corrected chi connectivity index (χ0v) is 12.4. The van der Waals surface area contributed by atoms with Crippen LogP contribution in [0.2, 0.25) is 0 Å². The monoisotopic (exact) mass is 263 g/mol. The molecule has 0 bridgehead atoms. The van der Waals surface area contributed by atoms with Gasteiger partial charge in [-0.15, -0.1) is 0 Å². The minimum absolute atomic E-state index is 0.226. The molecule has 0 radical (unpaired) electrons. The third kappa shape index (κ3) is 4.06. The molecule has 2 heterocycles. The summed E-state index contributed by atoms with van der Waals surface area (Å²) in [6.07, 6.45) is 3.01. The average Bonchev–Trinajstić information content (AvgIpc) is 2.85. The normalized spacial score (nSPS) is 19.8. The fourth-order valence-electron chi connectivity index (χ4n) is 2.16. The van der Waals surface area contributed by atoms with E-state index in [4.69, 9.17) is 0 Å². The van der Waals surface area contributed by atoms with Gasteiger partial charge in [0.1, 0.15) is 5.82 Å². The number of hydrogen-bond donors (Lipinski definition) is 2. The molecule has 1 saturated heterocycles. The molecule has 0 aliphatic carbocycles. The lowest BCUT2D eigenvalue weighted by Gasteiger charge is -2.20. The van der Waals surface area contributed by atoms with Crippen LogP contribution in [0.4, 0.5) is 11.8 Å². The lowest BCUT2D eigenvalue weighted by Crippen LogP contribution is -2.30.